The first kappa shape index (κ1) is 14.2. The van der Waals surface area contributed by atoms with Crippen LogP contribution in [0, 0.1) is 11.8 Å². The molecule has 1 atom stereocenters. The Bertz CT molecular complexity index is 452. The molecule has 20 heavy (non-hydrogen) atoms. The van der Waals surface area contributed by atoms with Gasteiger partial charge in [-0.2, -0.15) is 0 Å². The predicted molar refractivity (Wildman–Crippen MR) is 86.6 cm³/mol. The van der Waals surface area contributed by atoms with Gasteiger partial charge in [0.15, 0.2) is 0 Å². The average molecular weight is 293 g/mol. The molecule has 2 fully saturated rings. The zero-order chi connectivity index (χ0) is 14.1. The summed E-state index contributed by atoms with van der Waals surface area (Å²) in [6.07, 6.45) is 5.59. The maximum Gasteiger partial charge on any atom is 0.0642 e. The Morgan fingerprint density at radius 3 is 2.25 bits per heavy atom. The van der Waals surface area contributed by atoms with Crippen LogP contribution in [-0.4, -0.2) is 20.1 Å². The Morgan fingerprint density at radius 1 is 1.20 bits per heavy atom. The van der Waals surface area contributed by atoms with Crippen LogP contribution in [0.15, 0.2) is 18.2 Å². The Kier molecular flexibility index (Phi) is 4.23. The minimum atomic E-state index is 0.349. The summed E-state index contributed by atoms with van der Waals surface area (Å²) in [5.41, 5.74) is 2.50. The van der Waals surface area contributed by atoms with Crippen LogP contribution < -0.4 is 10.2 Å². The minimum Gasteiger partial charge on any atom is -0.370 e. The molecule has 2 aliphatic carbocycles. The van der Waals surface area contributed by atoms with Gasteiger partial charge in [-0.15, -0.1) is 0 Å². The van der Waals surface area contributed by atoms with Crippen LogP contribution in [0.5, 0.6) is 0 Å². The second kappa shape index (κ2) is 5.95. The van der Waals surface area contributed by atoms with Gasteiger partial charge in [0.25, 0.3) is 0 Å². The predicted octanol–water partition coefficient (Wildman–Crippen LogP) is 4.25. The fourth-order valence-electron chi connectivity index (χ4n) is 2.71. The number of benzene rings is 1. The summed E-state index contributed by atoms with van der Waals surface area (Å²) in [5.74, 6) is 1.81. The second-order valence-electron chi connectivity index (χ2n) is 6.51. The fourth-order valence-corrected chi connectivity index (χ4v) is 3.02. The lowest BCUT2D eigenvalue weighted by atomic mass is 10.1. The molecule has 0 radical (unpaired) electrons. The fraction of sp³-hybridized carbons (Fsp3) is 0.647. The van der Waals surface area contributed by atoms with Crippen molar-refractivity contribution in [2.75, 3.05) is 25.0 Å². The molecule has 1 N–H and O–H groups in total. The summed E-state index contributed by atoms with van der Waals surface area (Å²) in [4.78, 5) is 2.53. The molecule has 0 aliphatic heterocycles. The summed E-state index contributed by atoms with van der Waals surface area (Å²) in [6.45, 7) is 4.55. The van der Waals surface area contributed by atoms with E-state index in [-0.39, 0.29) is 0 Å². The van der Waals surface area contributed by atoms with Gasteiger partial charge in [-0.25, -0.2) is 0 Å². The van der Waals surface area contributed by atoms with Gasteiger partial charge < -0.3 is 10.2 Å². The molecule has 0 aromatic heterocycles. The maximum atomic E-state index is 6.56. The first-order chi connectivity index (χ1) is 9.67. The van der Waals surface area contributed by atoms with Crippen molar-refractivity contribution in [1.82, 2.24) is 5.32 Å². The van der Waals surface area contributed by atoms with Crippen molar-refractivity contribution in [1.29, 1.82) is 0 Å². The average Bonchev–Trinajstić information content (AvgIpc) is 3.32. The number of nitrogens with zero attached hydrogens (tertiary/aromatic N) is 1. The van der Waals surface area contributed by atoms with Crippen LogP contribution in [0.1, 0.15) is 44.2 Å². The van der Waals surface area contributed by atoms with E-state index < -0.39 is 0 Å². The minimum absolute atomic E-state index is 0.349. The highest BCUT2D eigenvalue weighted by Gasteiger charge is 2.30. The van der Waals surface area contributed by atoms with E-state index in [4.69, 9.17) is 11.6 Å². The van der Waals surface area contributed by atoms with Gasteiger partial charge in [0.1, 0.15) is 0 Å². The number of hydrogen-bond acceptors (Lipinski definition) is 2. The first-order valence-electron chi connectivity index (χ1n) is 7.89. The highest BCUT2D eigenvalue weighted by molar-refractivity contribution is 6.33. The Morgan fingerprint density at radius 2 is 1.80 bits per heavy atom. The van der Waals surface area contributed by atoms with Crippen LogP contribution >= 0.6 is 11.6 Å². The third-order valence-corrected chi connectivity index (χ3v) is 4.90. The van der Waals surface area contributed by atoms with E-state index >= 15 is 0 Å². The SMILES string of the molecule is CNC(C)c1ccc(N(CC2CC2)CC2CC2)c(Cl)c1. The summed E-state index contributed by atoms with van der Waals surface area (Å²) >= 11 is 6.56. The summed E-state index contributed by atoms with van der Waals surface area (Å²) in [6, 6.07) is 6.91. The molecule has 3 heteroatoms. The molecule has 0 amide bonds. The van der Waals surface area contributed by atoms with Gasteiger partial charge in [0, 0.05) is 19.1 Å². The van der Waals surface area contributed by atoms with E-state index in [2.05, 4.69) is 35.3 Å². The Labute approximate surface area is 127 Å². The van der Waals surface area contributed by atoms with E-state index in [0.717, 1.165) is 16.9 Å². The molecule has 2 aliphatic rings. The quantitative estimate of drug-likeness (QED) is 0.808. The molecule has 2 saturated carbocycles. The van der Waals surface area contributed by atoms with Gasteiger partial charge in [-0.05, 0) is 69.2 Å². The zero-order valence-electron chi connectivity index (χ0n) is 12.5. The normalized spacial score (nSPS) is 19.9. The summed E-state index contributed by atoms with van der Waals surface area (Å²) in [5, 5.41) is 4.18. The van der Waals surface area contributed by atoms with Crippen LogP contribution in [-0.2, 0) is 0 Å². The van der Waals surface area contributed by atoms with Gasteiger partial charge in [0.05, 0.1) is 10.7 Å². The molecule has 1 aromatic rings. The Hall–Kier alpha value is -0.730. The van der Waals surface area contributed by atoms with Gasteiger partial charge >= 0.3 is 0 Å². The van der Waals surface area contributed by atoms with E-state index in [1.54, 1.807) is 0 Å². The number of hydrogen-bond donors (Lipinski definition) is 1. The largest absolute Gasteiger partial charge is 0.370 e. The first-order valence-corrected chi connectivity index (χ1v) is 8.27. The van der Waals surface area contributed by atoms with Crippen molar-refractivity contribution in [3.05, 3.63) is 28.8 Å². The molecule has 1 aromatic carbocycles. The van der Waals surface area contributed by atoms with Crippen LogP contribution in [0.4, 0.5) is 5.69 Å². The molecule has 0 bridgehead atoms. The van der Waals surface area contributed by atoms with E-state index in [0.29, 0.717) is 6.04 Å². The third kappa shape index (κ3) is 3.48. The third-order valence-electron chi connectivity index (χ3n) is 4.60. The topological polar surface area (TPSA) is 15.3 Å². The Balaban J connectivity index is 1.77. The monoisotopic (exact) mass is 292 g/mol. The molecule has 0 saturated heterocycles. The van der Waals surface area contributed by atoms with Crippen molar-refractivity contribution in [2.24, 2.45) is 11.8 Å². The van der Waals surface area contributed by atoms with Crippen LogP contribution in [0.3, 0.4) is 0 Å². The van der Waals surface area contributed by atoms with E-state index in [9.17, 15) is 0 Å². The lowest BCUT2D eigenvalue weighted by molar-refractivity contribution is 0.651. The van der Waals surface area contributed by atoms with Crippen molar-refractivity contribution in [2.45, 2.75) is 38.6 Å². The standard InChI is InChI=1S/C17H25ClN2/c1-12(19-2)15-7-8-17(16(18)9-15)20(10-13-3-4-13)11-14-5-6-14/h7-9,12-14,19H,3-6,10-11H2,1-2H3. The molecule has 2 nitrogen and oxygen atoms in total. The molecule has 1 unspecified atom stereocenters. The summed E-state index contributed by atoms with van der Waals surface area (Å²) in [7, 11) is 1.99. The summed E-state index contributed by atoms with van der Waals surface area (Å²) < 4.78 is 0. The molecule has 3 rings (SSSR count). The lowest BCUT2D eigenvalue weighted by Crippen LogP contribution is -2.28. The highest BCUT2D eigenvalue weighted by atomic mass is 35.5. The number of anilines is 1. The van der Waals surface area contributed by atoms with E-state index in [1.807, 2.05) is 7.05 Å². The van der Waals surface area contributed by atoms with Crippen molar-refractivity contribution >= 4 is 17.3 Å². The number of halogens is 1. The number of rotatable bonds is 7. The smallest absolute Gasteiger partial charge is 0.0642 e. The van der Waals surface area contributed by atoms with Crippen molar-refractivity contribution < 1.29 is 0 Å². The lowest BCUT2D eigenvalue weighted by Gasteiger charge is -2.26. The second-order valence-corrected chi connectivity index (χ2v) is 6.92. The van der Waals surface area contributed by atoms with E-state index in [1.165, 1.54) is 50.0 Å². The molecular formula is C17H25ClN2. The highest BCUT2D eigenvalue weighted by Crippen LogP contribution is 2.38. The van der Waals surface area contributed by atoms with Crippen molar-refractivity contribution in [3.8, 4) is 0 Å². The van der Waals surface area contributed by atoms with Crippen molar-refractivity contribution in [3.63, 3.8) is 0 Å². The molecule has 0 spiro atoms. The number of nitrogens with one attached hydrogen (secondary N) is 1. The van der Waals surface area contributed by atoms with Crippen LogP contribution in [0.25, 0.3) is 0 Å². The molecule has 110 valence electrons. The van der Waals surface area contributed by atoms with Gasteiger partial charge in [-0.3, -0.25) is 0 Å². The molecule has 0 heterocycles. The van der Waals surface area contributed by atoms with Gasteiger partial charge in [0.2, 0.25) is 0 Å². The molecular weight excluding hydrogens is 268 g/mol. The maximum absolute atomic E-state index is 6.56. The van der Waals surface area contributed by atoms with Gasteiger partial charge in [-0.1, -0.05) is 17.7 Å². The van der Waals surface area contributed by atoms with Crippen LogP contribution in [0.2, 0.25) is 5.02 Å². The zero-order valence-corrected chi connectivity index (χ0v) is 13.3.